The molecule has 5 nitrogen and oxygen atoms in total. The molecule has 33 heavy (non-hydrogen) atoms. The Morgan fingerprint density at radius 2 is 2.00 bits per heavy atom. The average Bonchev–Trinajstić information content (AvgIpc) is 3.37. The van der Waals surface area contributed by atoms with E-state index in [1.165, 1.54) is 34.1 Å². The predicted molar refractivity (Wildman–Crippen MR) is 129 cm³/mol. The lowest BCUT2D eigenvalue weighted by Gasteiger charge is -2.50. The fraction of sp³-hybridized carbons (Fsp3) is 0.393. The van der Waals surface area contributed by atoms with Crippen LogP contribution in [-0.4, -0.2) is 53.1 Å². The maximum absolute atomic E-state index is 13.1. The monoisotopic (exact) mass is 444 g/mol. The van der Waals surface area contributed by atoms with Crippen LogP contribution in [0.3, 0.4) is 0 Å². The Bertz CT molecular complexity index is 1140. The molecule has 4 atom stereocenters. The fourth-order valence-electron chi connectivity index (χ4n) is 5.75. The van der Waals surface area contributed by atoms with Gasteiger partial charge in [0, 0.05) is 38.1 Å². The highest BCUT2D eigenvalue weighted by molar-refractivity contribution is 5.91. The number of hydrogen-bond donors (Lipinski definition) is 1. The van der Waals surface area contributed by atoms with Gasteiger partial charge in [0.15, 0.2) is 5.76 Å². The van der Waals surface area contributed by atoms with Gasteiger partial charge in [-0.25, -0.2) is 0 Å². The Morgan fingerprint density at radius 3 is 2.73 bits per heavy atom. The highest BCUT2D eigenvalue weighted by Crippen LogP contribution is 2.42. The first kappa shape index (κ1) is 21.9. The van der Waals surface area contributed by atoms with Crippen molar-refractivity contribution < 1.29 is 14.3 Å². The van der Waals surface area contributed by atoms with Crippen LogP contribution in [0, 0.1) is 12.8 Å². The molecule has 1 fully saturated rings. The Labute approximate surface area is 195 Å². The smallest absolute Gasteiger partial charge is 0.289 e. The molecule has 172 valence electrons. The Hall–Kier alpha value is -2.89. The van der Waals surface area contributed by atoms with E-state index in [4.69, 9.17) is 4.42 Å². The minimum absolute atomic E-state index is 0.00809. The van der Waals surface area contributed by atoms with Crippen LogP contribution in [0.2, 0.25) is 0 Å². The topological polar surface area (TPSA) is 56.9 Å². The lowest BCUT2D eigenvalue weighted by atomic mass is 9.77. The number of benzene rings is 2. The summed E-state index contributed by atoms with van der Waals surface area (Å²) in [5, 5.41) is 10.6. The van der Waals surface area contributed by atoms with Gasteiger partial charge in [-0.05, 0) is 72.7 Å². The molecule has 0 radical (unpaired) electrons. The molecule has 5 heteroatoms. The Morgan fingerprint density at radius 1 is 1.18 bits per heavy atom. The minimum Gasteiger partial charge on any atom is -0.459 e. The standard InChI is InChI=1S/C28H32N2O3/c1-18-7-4-5-8-22(18)21-11-10-20-12-13-30-17-24(19(2)31)25(16-26(30)23(20)15-21)29(3)28(32)27-9-6-14-33-27/h4-11,14-15,19,24-26,31H,12-13,16-17H2,1-3H3/t19-,24-,25-,26-/m0/s1. The van der Waals surface area contributed by atoms with Crippen molar-refractivity contribution in [2.75, 3.05) is 20.1 Å². The number of carbonyl (C=O) groups is 1. The first-order valence-electron chi connectivity index (χ1n) is 11.9. The summed E-state index contributed by atoms with van der Waals surface area (Å²) >= 11 is 0. The van der Waals surface area contributed by atoms with Gasteiger partial charge < -0.3 is 14.4 Å². The van der Waals surface area contributed by atoms with Crippen molar-refractivity contribution in [3.05, 3.63) is 83.3 Å². The van der Waals surface area contributed by atoms with Crippen LogP contribution in [0.1, 0.15) is 46.6 Å². The number of piperidine rings is 1. The summed E-state index contributed by atoms with van der Waals surface area (Å²) in [6.07, 6.45) is 2.84. The van der Waals surface area contributed by atoms with Gasteiger partial charge in [-0.2, -0.15) is 0 Å². The van der Waals surface area contributed by atoms with Gasteiger partial charge in [0.25, 0.3) is 5.91 Å². The van der Waals surface area contributed by atoms with Crippen molar-refractivity contribution in [3.8, 4) is 11.1 Å². The van der Waals surface area contributed by atoms with Crippen molar-refractivity contribution in [2.45, 2.75) is 44.9 Å². The molecule has 1 N–H and O–H groups in total. The minimum atomic E-state index is -0.498. The molecule has 0 unspecified atom stereocenters. The van der Waals surface area contributed by atoms with Crippen molar-refractivity contribution in [1.29, 1.82) is 0 Å². The molecule has 2 aliphatic rings. The van der Waals surface area contributed by atoms with E-state index in [1.54, 1.807) is 17.0 Å². The zero-order chi connectivity index (χ0) is 23.1. The second-order valence-electron chi connectivity index (χ2n) is 9.59. The van der Waals surface area contributed by atoms with Crippen molar-refractivity contribution in [1.82, 2.24) is 9.80 Å². The molecule has 1 saturated heterocycles. The van der Waals surface area contributed by atoms with Gasteiger partial charge in [0.05, 0.1) is 12.4 Å². The SMILES string of the molecule is Cc1ccccc1-c1ccc2c(c1)[C@@H]1C[C@H](N(C)C(=O)c3ccco3)[C@H]([C@H](C)O)CN1CC2. The number of aliphatic hydroxyl groups excluding tert-OH is 1. The van der Waals surface area contributed by atoms with E-state index in [1.807, 2.05) is 14.0 Å². The Balaban J connectivity index is 1.49. The lowest BCUT2D eigenvalue weighted by molar-refractivity contribution is -0.0238. The van der Waals surface area contributed by atoms with E-state index in [2.05, 4.69) is 54.3 Å². The zero-order valence-electron chi connectivity index (χ0n) is 19.6. The predicted octanol–water partition coefficient (Wildman–Crippen LogP) is 4.70. The van der Waals surface area contributed by atoms with Gasteiger partial charge in [-0.15, -0.1) is 0 Å². The average molecular weight is 445 g/mol. The number of carbonyl (C=O) groups excluding carboxylic acids is 1. The third-order valence-electron chi connectivity index (χ3n) is 7.64. The van der Waals surface area contributed by atoms with Gasteiger partial charge in [-0.1, -0.05) is 36.4 Å². The number of furan rings is 1. The first-order chi connectivity index (χ1) is 15.9. The molecule has 0 spiro atoms. The van der Waals surface area contributed by atoms with Gasteiger partial charge in [0.2, 0.25) is 0 Å². The van der Waals surface area contributed by atoms with E-state index >= 15 is 0 Å². The van der Waals surface area contributed by atoms with Crippen LogP contribution in [0.4, 0.5) is 0 Å². The maximum Gasteiger partial charge on any atom is 0.289 e. The number of amides is 1. The molecule has 1 aromatic heterocycles. The molecule has 2 aromatic carbocycles. The highest BCUT2D eigenvalue weighted by Gasteiger charge is 2.43. The summed E-state index contributed by atoms with van der Waals surface area (Å²) in [5.74, 6) is 0.204. The third-order valence-corrected chi connectivity index (χ3v) is 7.64. The summed E-state index contributed by atoms with van der Waals surface area (Å²) in [6.45, 7) is 5.75. The zero-order valence-corrected chi connectivity index (χ0v) is 19.6. The summed E-state index contributed by atoms with van der Waals surface area (Å²) in [4.78, 5) is 17.4. The number of aryl methyl sites for hydroxylation is 1. The van der Waals surface area contributed by atoms with E-state index in [0.717, 1.165) is 25.9 Å². The quantitative estimate of drug-likeness (QED) is 0.634. The van der Waals surface area contributed by atoms with Crippen LogP contribution < -0.4 is 0 Å². The normalized spacial score (nSPS) is 23.5. The number of hydrogen-bond acceptors (Lipinski definition) is 4. The number of nitrogens with zero attached hydrogens (tertiary/aromatic N) is 2. The second kappa shape index (κ2) is 8.81. The number of rotatable bonds is 4. The van der Waals surface area contributed by atoms with Crippen molar-refractivity contribution in [3.63, 3.8) is 0 Å². The van der Waals surface area contributed by atoms with Gasteiger partial charge >= 0.3 is 0 Å². The van der Waals surface area contributed by atoms with Crippen LogP contribution in [-0.2, 0) is 6.42 Å². The van der Waals surface area contributed by atoms with E-state index in [0.29, 0.717) is 5.76 Å². The maximum atomic E-state index is 13.1. The number of aliphatic hydroxyl groups is 1. The van der Waals surface area contributed by atoms with Crippen LogP contribution in [0.15, 0.2) is 65.3 Å². The van der Waals surface area contributed by atoms with E-state index in [9.17, 15) is 9.90 Å². The van der Waals surface area contributed by atoms with Crippen LogP contribution in [0.25, 0.3) is 11.1 Å². The van der Waals surface area contributed by atoms with Gasteiger partial charge in [-0.3, -0.25) is 9.69 Å². The van der Waals surface area contributed by atoms with E-state index in [-0.39, 0.29) is 23.9 Å². The molecule has 3 heterocycles. The van der Waals surface area contributed by atoms with Crippen LogP contribution in [0.5, 0.6) is 0 Å². The summed E-state index contributed by atoms with van der Waals surface area (Å²) in [7, 11) is 1.84. The molecule has 0 bridgehead atoms. The van der Waals surface area contributed by atoms with Crippen molar-refractivity contribution in [2.24, 2.45) is 5.92 Å². The molecule has 5 rings (SSSR count). The molecule has 0 saturated carbocycles. The molecule has 0 aliphatic carbocycles. The molecular weight excluding hydrogens is 412 g/mol. The Kier molecular flexibility index (Phi) is 5.85. The second-order valence-corrected chi connectivity index (χ2v) is 9.59. The molecule has 3 aromatic rings. The summed E-state index contributed by atoms with van der Waals surface area (Å²) in [5.41, 5.74) is 6.52. The molecule has 2 aliphatic heterocycles. The lowest BCUT2D eigenvalue weighted by Crippen LogP contribution is -2.56. The summed E-state index contributed by atoms with van der Waals surface area (Å²) < 4.78 is 5.38. The molecule has 1 amide bonds. The highest BCUT2D eigenvalue weighted by atomic mass is 16.3. The van der Waals surface area contributed by atoms with Crippen molar-refractivity contribution >= 4 is 5.91 Å². The van der Waals surface area contributed by atoms with E-state index < -0.39 is 6.10 Å². The van der Waals surface area contributed by atoms with Gasteiger partial charge in [0.1, 0.15) is 0 Å². The summed E-state index contributed by atoms with van der Waals surface area (Å²) in [6, 6.07) is 19.0. The first-order valence-corrected chi connectivity index (χ1v) is 11.9. The molecular formula is C28H32N2O3. The number of fused-ring (bicyclic) bond motifs is 3. The third kappa shape index (κ3) is 4.00. The fourth-order valence-corrected chi connectivity index (χ4v) is 5.75. The van der Waals surface area contributed by atoms with Crippen LogP contribution >= 0.6 is 0 Å². The largest absolute Gasteiger partial charge is 0.459 e.